The van der Waals surface area contributed by atoms with E-state index in [-0.39, 0.29) is 5.91 Å². The number of amides is 1. The number of piperazine rings is 1. The lowest BCUT2D eigenvalue weighted by atomic mass is 10.0. The fourth-order valence-corrected chi connectivity index (χ4v) is 4.24. The maximum atomic E-state index is 12.9. The maximum absolute atomic E-state index is 12.9. The fourth-order valence-electron chi connectivity index (χ4n) is 4.24. The molecule has 178 valence electrons. The van der Waals surface area contributed by atoms with Crippen LogP contribution < -0.4 is 5.73 Å². The Balaban J connectivity index is 1.33. The van der Waals surface area contributed by atoms with E-state index in [1.807, 2.05) is 37.8 Å². The van der Waals surface area contributed by atoms with E-state index in [0.717, 1.165) is 44.0 Å². The molecule has 1 fully saturated rings. The Bertz CT molecular complexity index is 1200. The van der Waals surface area contributed by atoms with E-state index in [1.54, 1.807) is 10.6 Å². The Morgan fingerprint density at radius 1 is 1.00 bits per heavy atom. The predicted molar refractivity (Wildman–Crippen MR) is 133 cm³/mol. The highest BCUT2D eigenvalue weighted by Gasteiger charge is 2.21. The third kappa shape index (κ3) is 5.66. The summed E-state index contributed by atoms with van der Waals surface area (Å²) in [4.78, 5) is 21.9. The van der Waals surface area contributed by atoms with Crippen molar-refractivity contribution in [3.8, 4) is 0 Å². The van der Waals surface area contributed by atoms with Crippen LogP contribution in [0.25, 0.3) is 5.65 Å². The van der Waals surface area contributed by atoms with Crippen LogP contribution in [-0.2, 0) is 11.3 Å². The molecule has 2 N–H and O–H groups in total. The smallest absolute Gasteiger partial charge is 0.222 e. The van der Waals surface area contributed by atoms with Gasteiger partial charge < -0.3 is 10.6 Å². The summed E-state index contributed by atoms with van der Waals surface area (Å²) in [6.07, 6.45) is 0.959. The first-order chi connectivity index (χ1) is 16.4. The van der Waals surface area contributed by atoms with Crippen molar-refractivity contribution in [3.63, 3.8) is 0 Å². The highest BCUT2D eigenvalue weighted by atomic mass is 16.2. The normalized spacial score (nSPS) is 16.1. The van der Waals surface area contributed by atoms with Gasteiger partial charge in [0.25, 0.3) is 0 Å². The minimum atomic E-state index is 0.158. The lowest BCUT2D eigenvalue weighted by Crippen LogP contribution is -2.48. The molecule has 0 atom stereocenters. The van der Waals surface area contributed by atoms with Crippen molar-refractivity contribution in [3.05, 3.63) is 65.1 Å². The minimum Gasteiger partial charge on any atom is -0.402 e. The zero-order chi connectivity index (χ0) is 24.1. The Hall–Kier alpha value is -3.59. The van der Waals surface area contributed by atoms with Gasteiger partial charge in [0.1, 0.15) is 0 Å². The van der Waals surface area contributed by atoms with E-state index in [0.29, 0.717) is 35.8 Å². The molecule has 0 spiro atoms. The summed E-state index contributed by atoms with van der Waals surface area (Å²) in [6.45, 7) is 9.79. The molecule has 1 aliphatic heterocycles. The molecule has 3 aromatic rings. The van der Waals surface area contributed by atoms with Crippen LogP contribution in [0, 0.1) is 6.92 Å². The molecule has 9 heteroatoms. The Labute approximate surface area is 200 Å². The van der Waals surface area contributed by atoms with Gasteiger partial charge in [-0.15, -0.1) is 15.3 Å². The number of fused-ring (bicyclic) bond motifs is 1. The third-order valence-corrected chi connectivity index (χ3v) is 6.16. The molecule has 9 nitrogen and oxygen atoms in total. The molecule has 0 bridgehead atoms. The molecule has 0 radical (unpaired) electrons. The largest absolute Gasteiger partial charge is 0.402 e. The van der Waals surface area contributed by atoms with Crippen LogP contribution >= 0.6 is 0 Å². The molecule has 0 aliphatic carbocycles. The number of carbonyl (C=O) groups excluding carboxylic acids is 1. The first-order valence-electron chi connectivity index (χ1n) is 11.6. The van der Waals surface area contributed by atoms with Crippen molar-refractivity contribution in [1.82, 2.24) is 29.6 Å². The maximum Gasteiger partial charge on any atom is 0.222 e. The second-order valence-corrected chi connectivity index (χ2v) is 8.71. The minimum absolute atomic E-state index is 0.158. The van der Waals surface area contributed by atoms with Crippen molar-refractivity contribution in [2.45, 2.75) is 40.2 Å². The van der Waals surface area contributed by atoms with Gasteiger partial charge in [-0.25, -0.2) is 4.99 Å². The summed E-state index contributed by atoms with van der Waals surface area (Å²) in [6, 6.07) is 14.1. The summed E-state index contributed by atoms with van der Waals surface area (Å²) < 4.78 is 1.66. The van der Waals surface area contributed by atoms with E-state index in [4.69, 9.17) is 5.73 Å². The number of hydrogen-bond acceptors (Lipinski definition) is 7. The second-order valence-electron chi connectivity index (χ2n) is 8.71. The summed E-state index contributed by atoms with van der Waals surface area (Å²) in [5.41, 5.74) is 10.5. The summed E-state index contributed by atoms with van der Waals surface area (Å²) in [5.74, 6) is 1.41. The van der Waals surface area contributed by atoms with Crippen LogP contribution in [0.3, 0.4) is 0 Å². The van der Waals surface area contributed by atoms with Crippen LogP contribution in [0.5, 0.6) is 0 Å². The van der Waals surface area contributed by atoms with Gasteiger partial charge in [0.05, 0.1) is 0 Å². The van der Waals surface area contributed by atoms with Gasteiger partial charge in [0.2, 0.25) is 5.91 Å². The topological polar surface area (TPSA) is 105 Å². The molecular weight excluding hydrogens is 428 g/mol. The quantitative estimate of drug-likeness (QED) is 0.544. The molecule has 0 unspecified atom stereocenters. The summed E-state index contributed by atoms with van der Waals surface area (Å²) in [7, 11) is 0. The van der Waals surface area contributed by atoms with Crippen molar-refractivity contribution in [2.24, 2.45) is 10.7 Å². The molecule has 34 heavy (non-hydrogen) atoms. The number of rotatable bonds is 7. The zero-order valence-electron chi connectivity index (χ0n) is 20.1. The number of hydrogen-bond donors (Lipinski definition) is 1. The average Bonchev–Trinajstić information content (AvgIpc) is 3.20. The van der Waals surface area contributed by atoms with Crippen LogP contribution in [0.1, 0.15) is 38.1 Å². The second kappa shape index (κ2) is 10.6. The van der Waals surface area contributed by atoms with Gasteiger partial charge in [0.15, 0.2) is 17.3 Å². The highest BCUT2D eigenvalue weighted by molar-refractivity contribution is 6.00. The van der Waals surface area contributed by atoms with E-state index >= 15 is 0 Å². The standard InChI is InChI=1S/C25H32N8O/c1-18(26)22(19(2)27-23-10-11-24-29-28-20(3)33(24)30-23)9-12-25(34)32-15-13-31(14-16-32)17-21-7-5-4-6-8-21/h4-8,10-11H,9,12-17,26H2,1-3H3. The number of nitrogens with two attached hydrogens (primary N) is 1. The third-order valence-electron chi connectivity index (χ3n) is 6.16. The molecule has 0 saturated carbocycles. The van der Waals surface area contributed by atoms with Gasteiger partial charge in [-0.3, -0.25) is 9.69 Å². The predicted octanol–water partition coefficient (Wildman–Crippen LogP) is 2.88. The van der Waals surface area contributed by atoms with E-state index in [2.05, 4.69) is 49.5 Å². The molecule has 4 rings (SSSR count). The highest BCUT2D eigenvalue weighted by Crippen LogP contribution is 2.18. The zero-order valence-corrected chi connectivity index (χ0v) is 20.1. The summed E-state index contributed by atoms with van der Waals surface area (Å²) in [5, 5.41) is 12.6. The average molecular weight is 461 g/mol. The van der Waals surface area contributed by atoms with E-state index < -0.39 is 0 Å². The molecule has 1 amide bonds. The number of allylic oxidation sites excluding steroid dienone is 2. The molecule has 1 aliphatic rings. The Morgan fingerprint density at radius 2 is 1.74 bits per heavy atom. The van der Waals surface area contributed by atoms with Crippen LogP contribution in [0.2, 0.25) is 0 Å². The number of aromatic nitrogens is 4. The monoisotopic (exact) mass is 460 g/mol. The molecular formula is C25H32N8O. The number of aliphatic imine (C=N–C) groups is 1. The van der Waals surface area contributed by atoms with Gasteiger partial charge in [0, 0.05) is 50.6 Å². The van der Waals surface area contributed by atoms with Gasteiger partial charge >= 0.3 is 0 Å². The Morgan fingerprint density at radius 3 is 2.44 bits per heavy atom. The van der Waals surface area contributed by atoms with Gasteiger partial charge in [-0.2, -0.15) is 4.52 Å². The molecule has 2 aromatic heterocycles. The van der Waals surface area contributed by atoms with Crippen molar-refractivity contribution >= 4 is 23.1 Å². The lowest BCUT2D eigenvalue weighted by Gasteiger charge is -2.35. The van der Waals surface area contributed by atoms with Crippen molar-refractivity contribution in [2.75, 3.05) is 26.2 Å². The summed E-state index contributed by atoms with van der Waals surface area (Å²) >= 11 is 0. The molecule has 1 saturated heterocycles. The van der Waals surface area contributed by atoms with Gasteiger partial charge in [-0.1, -0.05) is 30.3 Å². The number of aryl methyl sites for hydroxylation is 1. The van der Waals surface area contributed by atoms with Crippen molar-refractivity contribution in [1.29, 1.82) is 0 Å². The molecule has 1 aromatic carbocycles. The van der Waals surface area contributed by atoms with Crippen LogP contribution in [0.15, 0.2) is 58.7 Å². The van der Waals surface area contributed by atoms with E-state index in [9.17, 15) is 4.79 Å². The Kier molecular flexibility index (Phi) is 7.32. The van der Waals surface area contributed by atoms with Crippen LogP contribution in [0.4, 0.5) is 5.82 Å². The number of nitrogens with zero attached hydrogens (tertiary/aromatic N) is 7. The fraction of sp³-hybridized carbons (Fsp3) is 0.400. The van der Waals surface area contributed by atoms with Gasteiger partial charge in [-0.05, 0) is 50.5 Å². The first kappa shape index (κ1) is 23.6. The van der Waals surface area contributed by atoms with Crippen LogP contribution in [-0.4, -0.2) is 67.4 Å². The number of benzene rings is 1. The lowest BCUT2D eigenvalue weighted by molar-refractivity contribution is -0.132. The molecule has 3 heterocycles. The number of carbonyl (C=O) groups is 1. The first-order valence-corrected chi connectivity index (χ1v) is 11.6. The SMILES string of the molecule is CC(=Nc1ccc2nnc(C)n2n1)C(CCC(=O)N1CCN(Cc2ccccc2)CC1)=C(C)N. The van der Waals surface area contributed by atoms with Crippen molar-refractivity contribution < 1.29 is 4.79 Å². The van der Waals surface area contributed by atoms with E-state index in [1.165, 1.54) is 5.56 Å².